The molecule has 16 heavy (non-hydrogen) atoms. The van der Waals surface area contributed by atoms with Crippen LogP contribution in [-0.2, 0) is 19.1 Å². The first-order valence-electron chi connectivity index (χ1n) is 5.57. The first-order chi connectivity index (χ1) is 7.58. The first-order valence-corrected chi connectivity index (χ1v) is 5.57. The predicted molar refractivity (Wildman–Crippen MR) is 60.8 cm³/mol. The number of hydrogen-bond acceptors (Lipinski definition) is 4. The molecule has 0 spiro atoms. The van der Waals surface area contributed by atoms with Crippen molar-refractivity contribution in [3.63, 3.8) is 0 Å². The van der Waals surface area contributed by atoms with Gasteiger partial charge in [0.25, 0.3) is 0 Å². The highest BCUT2D eigenvalue weighted by molar-refractivity contribution is 6.02. The molecule has 92 valence electrons. The minimum atomic E-state index is -1.29. The molecule has 0 saturated heterocycles. The average Bonchev–Trinajstić information content (AvgIpc) is 2.26. The van der Waals surface area contributed by atoms with Crippen molar-refractivity contribution in [1.82, 2.24) is 0 Å². The van der Waals surface area contributed by atoms with Crippen molar-refractivity contribution in [3.8, 4) is 0 Å². The fourth-order valence-corrected chi connectivity index (χ4v) is 1.43. The fourth-order valence-electron chi connectivity index (χ4n) is 1.43. The van der Waals surface area contributed by atoms with Crippen LogP contribution in [0, 0.1) is 5.41 Å². The van der Waals surface area contributed by atoms with E-state index >= 15 is 0 Å². The van der Waals surface area contributed by atoms with Crippen molar-refractivity contribution in [2.45, 2.75) is 34.1 Å². The lowest BCUT2D eigenvalue weighted by atomic mass is 9.84. The number of ether oxygens (including phenoxy) is 2. The molecule has 0 bridgehead atoms. The van der Waals surface area contributed by atoms with Gasteiger partial charge in [-0.15, -0.1) is 0 Å². The van der Waals surface area contributed by atoms with E-state index in [9.17, 15) is 9.59 Å². The summed E-state index contributed by atoms with van der Waals surface area (Å²) >= 11 is 0. The van der Waals surface area contributed by atoms with Crippen LogP contribution >= 0.6 is 0 Å². The van der Waals surface area contributed by atoms with Gasteiger partial charge in [-0.25, -0.2) is 0 Å². The van der Waals surface area contributed by atoms with E-state index < -0.39 is 17.4 Å². The minimum absolute atomic E-state index is 0.248. The highest BCUT2D eigenvalue weighted by atomic mass is 16.6. The molecule has 0 atom stereocenters. The maximum atomic E-state index is 11.8. The topological polar surface area (TPSA) is 52.6 Å². The van der Waals surface area contributed by atoms with Gasteiger partial charge in [0.2, 0.25) is 0 Å². The Morgan fingerprint density at radius 1 is 1.06 bits per heavy atom. The maximum Gasteiger partial charge on any atom is 0.327 e. The Morgan fingerprint density at radius 2 is 1.50 bits per heavy atom. The molecule has 0 radical (unpaired) electrons. The zero-order chi connectivity index (χ0) is 12.6. The van der Waals surface area contributed by atoms with Crippen LogP contribution in [0.25, 0.3) is 0 Å². The number of carbonyl (C=O) groups excluding carboxylic acids is 2. The van der Waals surface area contributed by atoms with Crippen LogP contribution in [-0.4, -0.2) is 25.2 Å². The van der Waals surface area contributed by atoms with Crippen LogP contribution in [0.1, 0.15) is 34.1 Å². The predicted octanol–water partition coefficient (Wildman–Crippen LogP) is 2.09. The zero-order valence-electron chi connectivity index (χ0n) is 10.4. The van der Waals surface area contributed by atoms with E-state index in [2.05, 4.69) is 0 Å². The molecule has 0 amide bonds. The molecule has 4 nitrogen and oxygen atoms in total. The molecule has 0 aliphatic carbocycles. The Balaban J connectivity index is 5.13. The van der Waals surface area contributed by atoms with E-state index in [0.29, 0.717) is 6.42 Å². The van der Waals surface area contributed by atoms with Crippen molar-refractivity contribution in [2.75, 3.05) is 13.2 Å². The molecule has 0 saturated carbocycles. The summed E-state index contributed by atoms with van der Waals surface area (Å²) in [6.07, 6.45) is 3.54. The Morgan fingerprint density at radius 3 is 1.75 bits per heavy atom. The second kappa shape index (κ2) is 7.04. The van der Waals surface area contributed by atoms with E-state index in [1.165, 1.54) is 0 Å². The quantitative estimate of drug-likeness (QED) is 0.397. The highest BCUT2D eigenvalue weighted by Gasteiger charge is 2.44. The smallest absolute Gasteiger partial charge is 0.327 e. The van der Waals surface area contributed by atoms with Gasteiger partial charge in [0, 0.05) is 0 Å². The van der Waals surface area contributed by atoms with Crippen molar-refractivity contribution in [1.29, 1.82) is 0 Å². The Hall–Kier alpha value is -1.32. The van der Waals surface area contributed by atoms with Crippen molar-refractivity contribution >= 4 is 11.9 Å². The molecule has 4 heteroatoms. The average molecular weight is 228 g/mol. The Bertz CT molecular complexity index is 250. The van der Waals surface area contributed by atoms with E-state index in [0.717, 1.165) is 0 Å². The van der Waals surface area contributed by atoms with Crippen molar-refractivity contribution in [3.05, 3.63) is 12.2 Å². The number of allylic oxidation sites excluding steroid dienone is 1. The van der Waals surface area contributed by atoms with E-state index in [4.69, 9.17) is 9.47 Å². The molecular weight excluding hydrogens is 208 g/mol. The molecule has 0 heterocycles. The molecule has 0 rings (SSSR count). The van der Waals surface area contributed by atoms with Gasteiger partial charge in [-0.1, -0.05) is 19.1 Å². The summed E-state index contributed by atoms with van der Waals surface area (Å²) in [5, 5.41) is 0. The largest absolute Gasteiger partial charge is 0.465 e. The summed E-state index contributed by atoms with van der Waals surface area (Å²) in [5.74, 6) is -1.09. The molecule has 0 aliphatic heterocycles. The van der Waals surface area contributed by atoms with Crippen molar-refractivity contribution < 1.29 is 19.1 Å². The summed E-state index contributed by atoms with van der Waals surface area (Å²) < 4.78 is 9.85. The second-order valence-electron chi connectivity index (χ2n) is 3.27. The monoisotopic (exact) mass is 228 g/mol. The van der Waals surface area contributed by atoms with Gasteiger partial charge >= 0.3 is 11.9 Å². The number of carbonyl (C=O) groups is 2. The lowest BCUT2D eigenvalue weighted by Crippen LogP contribution is -2.40. The Labute approximate surface area is 96.6 Å². The standard InChI is InChI=1S/C12H20O4/c1-5-9-12(6-2,10(13)15-7-3)11(14)16-8-4/h5,9H,6-8H2,1-4H3/b9-5+. The van der Waals surface area contributed by atoms with Crippen LogP contribution in [0.4, 0.5) is 0 Å². The van der Waals surface area contributed by atoms with Crippen LogP contribution in [0.2, 0.25) is 0 Å². The molecule has 0 aromatic carbocycles. The maximum absolute atomic E-state index is 11.8. The van der Waals surface area contributed by atoms with Crippen LogP contribution in [0.5, 0.6) is 0 Å². The second-order valence-corrected chi connectivity index (χ2v) is 3.27. The molecule has 0 aromatic rings. The number of esters is 2. The Kier molecular flexibility index (Phi) is 6.46. The molecule has 0 fully saturated rings. The highest BCUT2D eigenvalue weighted by Crippen LogP contribution is 2.28. The molecule has 0 aromatic heterocycles. The summed E-state index contributed by atoms with van der Waals surface area (Å²) in [6, 6.07) is 0. The van der Waals surface area contributed by atoms with E-state index in [1.807, 2.05) is 0 Å². The number of rotatable bonds is 6. The lowest BCUT2D eigenvalue weighted by Gasteiger charge is -2.24. The van der Waals surface area contributed by atoms with Crippen LogP contribution < -0.4 is 0 Å². The third-order valence-electron chi connectivity index (χ3n) is 2.29. The molecule has 0 aliphatic rings. The minimum Gasteiger partial charge on any atom is -0.465 e. The summed E-state index contributed by atoms with van der Waals surface area (Å²) in [7, 11) is 0. The van der Waals surface area contributed by atoms with Gasteiger partial charge in [-0.3, -0.25) is 9.59 Å². The normalized spacial score (nSPS) is 11.5. The van der Waals surface area contributed by atoms with E-state index in [1.54, 1.807) is 39.8 Å². The van der Waals surface area contributed by atoms with Gasteiger partial charge < -0.3 is 9.47 Å². The number of hydrogen-bond donors (Lipinski definition) is 0. The molecular formula is C12H20O4. The fraction of sp³-hybridized carbons (Fsp3) is 0.667. The van der Waals surface area contributed by atoms with Crippen LogP contribution in [0.15, 0.2) is 12.2 Å². The van der Waals surface area contributed by atoms with E-state index in [-0.39, 0.29) is 13.2 Å². The van der Waals surface area contributed by atoms with Gasteiger partial charge in [-0.05, 0) is 27.2 Å². The van der Waals surface area contributed by atoms with Gasteiger partial charge in [0.1, 0.15) is 0 Å². The SMILES string of the molecule is C/C=C/C(CC)(C(=O)OCC)C(=O)OCC. The summed E-state index contributed by atoms with van der Waals surface area (Å²) in [6.45, 7) is 7.42. The molecule has 0 unspecified atom stereocenters. The first kappa shape index (κ1) is 14.7. The van der Waals surface area contributed by atoms with Gasteiger partial charge in [-0.2, -0.15) is 0 Å². The van der Waals surface area contributed by atoms with Gasteiger partial charge in [0.05, 0.1) is 13.2 Å². The van der Waals surface area contributed by atoms with Crippen LogP contribution in [0.3, 0.4) is 0 Å². The molecule has 0 N–H and O–H groups in total. The lowest BCUT2D eigenvalue weighted by molar-refractivity contribution is -0.168. The summed E-state index contributed by atoms with van der Waals surface area (Å²) in [5.41, 5.74) is -1.29. The van der Waals surface area contributed by atoms with Crippen molar-refractivity contribution in [2.24, 2.45) is 5.41 Å². The third-order valence-corrected chi connectivity index (χ3v) is 2.29. The zero-order valence-corrected chi connectivity index (χ0v) is 10.4. The third kappa shape index (κ3) is 3.08. The van der Waals surface area contributed by atoms with Gasteiger partial charge in [0.15, 0.2) is 5.41 Å². The summed E-state index contributed by atoms with van der Waals surface area (Å²) in [4.78, 5) is 23.7.